The maximum Gasteiger partial charge on any atom is 0.188 e. The number of hydrogen-bond donors (Lipinski definition) is 1. The maximum atomic E-state index is 12.4. The highest BCUT2D eigenvalue weighted by molar-refractivity contribution is 5.74. The molecule has 174 valence electrons. The number of nitrogens with two attached hydrogens (primary N) is 1. The Balaban J connectivity index is 0.000000260. The lowest BCUT2D eigenvalue weighted by Crippen LogP contribution is -2.32. The minimum absolute atomic E-state index is 0.189. The number of aryl methyl sites for hydroxylation is 1. The number of nitrogen functional groups attached to an aromatic ring is 1. The van der Waals surface area contributed by atoms with Crippen molar-refractivity contribution < 1.29 is 18.6 Å². The lowest BCUT2D eigenvalue weighted by molar-refractivity contribution is 0.0201. The molecular weight excluding hydrogens is 411 g/mol. The van der Waals surface area contributed by atoms with E-state index in [4.69, 9.17) is 19.9 Å². The highest BCUT2D eigenvalue weighted by Gasteiger charge is 2.51. The van der Waals surface area contributed by atoms with E-state index in [1.807, 2.05) is 37.1 Å². The molecule has 8 heteroatoms. The van der Waals surface area contributed by atoms with Crippen LogP contribution in [-0.4, -0.2) is 61.9 Å². The molecule has 1 atom stereocenters. The molecule has 2 aliphatic heterocycles. The second-order valence-corrected chi connectivity index (χ2v) is 8.93. The van der Waals surface area contributed by atoms with E-state index in [2.05, 4.69) is 10.2 Å². The van der Waals surface area contributed by atoms with Crippen molar-refractivity contribution in [1.29, 1.82) is 0 Å². The van der Waals surface area contributed by atoms with Crippen LogP contribution in [0.15, 0.2) is 18.2 Å². The fourth-order valence-electron chi connectivity index (χ4n) is 4.55. The third-order valence-corrected chi connectivity index (χ3v) is 6.28. The summed E-state index contributed by atoms with van der Waals surface area (Å²) in [6.45, 7) is 4.61. The van der Waals surface area contributed by atoms with Crippen LogP contribution >= 0.6 is 0 Å². The summed E-state index contributed by atoms with van der Waals surface area (Å²) >= 11 is 0. The van der Waals surface area contributed by atoms with Gasteiger partial charge in [0.2, 0.25) is 0 Å². The number of anilines is 1. The van der Waals surface area contributed by atoms with Gasteiger partial charge in [-0.25, -0.2) is 4.39 Å². The number of halogens is 1. The van der Waals surface area contributed by atoms with E-state index >= 15 is 0 Å². The van der Waals surface area contributed by atoms with E-state index in [1.165, 1.54) is 0 Å². The Bertz CT molecular complexity index is 943. The van der Waals surface area contributed by atoms with Gasteiger partial charge in [-0.1, -0.05) is 6.07 Å². The first-order valence-electron chi connectivity index (χ1n) is 11.3. The molecule has 32 heavy (non-hydrogen) atoms. The monoisotopic (exact) mass is 444 g/mol. The van der Waals surface area contributed by atoms with Gasteiger partial charge in [-0.05, 0) is 75.9 Å². The molecule has 3 heterocycles. The van der Waals surface area contributed by atoms with Gasteiger partial charge in [0.25, 0.3) is 0 Å². The van der Waals surface area contributed by atoms with Crippen LogP contribution < -0.4 is 10.5 Å². The number of nitrogens with zero attached hydrogens (tertiary/aromatic N) is 3. The molecule has 0 amide bonds. The molecule has 3 aliphatic rings. The smallest absolute Gasteiger partial charge is 0.188 e. The van der Waals surface area contributed by atoms with Crippen molar-refractivity contribution in [1.82, 2.24) is 15.1 Å². The van der Waals surface area contributed by atoms with Gasteiger partial charge in [0, 0.05) is 24.8 Å². The third-order valence-electron chi connectivity index (χ3n) is 6.28. The summed E-state index contributed by atoms with van der Waals surface area (Å²) in [7, 11) is 3.57. The summed E-state index contributed by atoms with van der Waals surface area (Å²) in [4.78, 5) is 2.04. The fourth-order valence-corrected chi connectivity index (χ4v) is 4.55. The number of hydrogen-bond acceptors (Lipinski definition) is 7. The summed E-state index contributed by atoms with van der Waals surface area (Å²) in [5.74, 6) is 1.23. The predicted octanol–water partition coefficient (Wildman–Crippen LogP) is 3.63. The van der Waals surface area contributed by atoms with Crippen molar-refractivity contribution in [2.75, 3.05) is 46.4 Å². The molecule has 0 bridgehead atoms. The van der Waals surface area contributed by atoms with E-state index in [9.17, 15) is 4.39 Å². The molecule has 0 radical (unpaired) electrons. The number of benzene rings is 1. The minimum Gasteiger partial charge on any atom is -0.467 e. The van der Waals surface area contributed by atoms with Crippen molar-refractivity contribution in [3.05, 3.63) is 34.9 Å². The molecule has 2 fully saturated rings. The van der Waals surface area contributed by atoms with E-state index in [1.54, 1.807) is 7.11 Å². The lowest BCUT2D eigenvalue weighted by Gasteiger charge is -2.28. The second-order valence-electron chi connectivity index (χ2n) is 8.93. The Hall–Kier alpha value is -2.29. The van der Waals surface area contributed by atoms with Gasteiger partial charge in [-0.15, -0.1) is 10.2 Å². The molecule has 1 aromatic heterocycles. The van der Waals surface area contributed by atoms with Gasteiger partial charge in [0.1, 0.15) is 17.6 Å². The number of likely N-dealkylation sites (tertiary alicyclic amines) is 1. The van der Waals surface area contributed by atoms with E-state index in [0.717, 1.165) is 72.3 Å². The molecule has 1 aromatic carbocycles. The summed E-state index contributed by atoms with van der Waals surface area (Å²) in [5, 5.41) is 8.61. The number of ether oxygens (including phenoxy) is 3. The normalized spacial score (nSPS) is 21.4. The first-order chi connectivity index (χ1) is 15.4. The summed E-state index contributed by atoms with van der Waals surface area (Å²) in [6, 6.07) is 6.06. The van der Waals surface area contributed by atoms with Crippen LogP contribution in [0.25, 0.3) is 11.3 Å². The number of alkyl halides is 1. The van der Waals surface area contributed by atoms with Gasteiger partial charge in [0.15, 0.2) is 12.6 Å². The third kappa shape index (κ3) is 4.87. The minimum atomic E-state index is -0.561. The average Bonchev–Trinajstić information content (AvgIpc) is 3.53. The molecule has 2 N–H and O–H groups in total. The fraction of sp³-hybridized carbons (Fsp3) is 0.583. The Morgan fingerprint density at radius 1 is 1.31 bits per heavy atom. The molecule has 1 unspecified atom stereocenters. The van der Waals surface area contributed by atoms with E-state index in [-0.39, 0.29) is 12.4 Å². The van der Waals surface area contributed by atoms with Crippen LogP contribution in [0.4, 0.5) is 10.2 Å². The van der Waals surface area contributed by atoms with Crippen LogP contribution in [0.5, 0.6) is 5.75 Å². The standard InChI is InChI=1S/C18H21N3O3.C6H12FN/c1-11-3-4-12(14(9-11)23-10-22-2)16-13-5-8-24-18(6-7-18)15(13)17(19)21-20-16;1-8-4-2-3-6(7)5-8/h3-4,9H,5-8,10H2,1-2H3,(H2,19,21);6H,2-5H2,1H3. The van der Waals surface area contributed by atoms with E-state index < -0.39 is 6.17 Å². The number of rotatable bonds is 4. The highest BCUT2D eigenvalue weighted by atomic mass is 19.1. The highest BCUT2D eigenvalue weighted by Crippen LogP contribution is 2.55. The summed E-state index contributed by atoms with van der Waals surface area (Å²) < 4.78 is 29.2. The average molecular weight is 445 g/mol. The SMILES string of the molecule is CN1CCCC(F)C1.COCOc1cc(C)ccc1-c1nnc(N)c2c1CCOC21CC1. The molecular formula is C24H33FN4O3. The first-order valence-corrected chi connectivity index (χ1v) is 11.3. The Kier molecular flexibility index (Phi) is 6.93. The molecule has 7 nitrogen and oxygen atoms in total. The van der Waals surface area contributed by atoms with Crippen molar-refractivity contribution >= 4 is 5.82 Å². The number of aromatic nitrogens is 2. The predicted molar refractivity (Wildman–Crippen MR) is 121 cm³/mol. The molecule has 5 rings (SSSR count). The van der Waals surface area contributed by atoms with Crippen molar-refractivity contribution in [3.8, 4) is 17.0 Å². The van der Waals surface area contributed by atoms with Gasteiger partial charge in [-0.3, -0.25) is 0 Å². The number of methoxy groups -OCH3 is 1. The van der Waals surface area contributed by atoms with Crippen LogP contribution in [-0.2, 0) is 21.5 Å². The quantitative estimate of drug-likeness (QED) is 0.721. The van der Waals surface area contributed by atoms with Gasteiger partial charge < -0.3 is 24.8 Å². The Morgan fingerprint density at radius 3 is 2.78 bits per heavy atom. The van der Waals surface area contributed by atoms with Crippen LogP contribution in [0.2, 0.25) is 0 Å². The second kappa shape index (κ2) is 9.68. The number of piperidine rings is 1. The van der Waals surface area contributed by atoms with Crippen molar-refractivity contribution in [3.63, 3.8) is 0 Å². The zero-order valence-electron chi connectivity index (χ0n) is 19.2. The van der Waals surface area contributed by atoms with Gasteiger partial charge in [0.05, 0.1) is 12.2 Å². The zero-order chi connectivity index (χ0) is 22.7. The molecule has 1 spiro atoms. The van der Waals surface area contributed by atoms with Crippen molar-refractivity contribution in [2.45, 2.75) is 50.8 Å². The van der Waals surface area contributed by atoms with Gasteiger partial charge >= 0.3 is 0 Å². The Labute approximate surface area is 189 Å². The molecule has 1 aliphatic carbocycles. The summed E-state index contributed by atoms with van der Waals surface area (Å²) in [6.07, 6.45) is 4.01. The number of fused-ring (bicyclic) bond motifs is 2. The summed E-state index contributed by atoms with van der Waals surface area (Å²) in [5.41, 5.74) is 10.9. The van der Waals surface area contributed by atoms with Gasteiger partial charge in [-0.2, -0.15) is 0 Å². The lowest BCUT2D eigenvalue weighted by atomic mass is 9.92. The Morgan fingerprint density at radius 2 is 2.12 bits per heavy atom. The van der Waals surface area contributed by atoms with Crippen LogP contribution in [0.3, 0.4) is 0 Å². The molecule has 1 saturated carbocycles. The first kappa shape index (κ1) is 22.9. The molecule has 1 saturated heterocycles. The van der Waals surface area contributed by atoms with Crippen LogP contribution in [0, 0.1) is 6.92 Å². The zero-order valence-corrected chi connectivity index (χ0v) is 19.2. The van der Waals surface area contributed by atoms with Crippen LogP contribution in [0.1, 0.15) is 42.4 Å². The topological polar surface area (TPSA) is 82.7 Å². The molecule has 2 aromatic rings. The largest absolute Gasteiger partial charge is 0.467 e. The van der Waals surface area contributed by atoms with E-state index in [0.29, 0.717) is 19.0 Å². The van der Waals surface area contributed by atoms with Crippen molar-refractivity contribution in [2.24, 2.45) is 0 Å². The maximum absolute atomic E-state index is 12.4.